The topological polar surface area (TPSA) is 112 Å². The van der Waals surface area contributed by atoms with Gasteiger partial charge in [0, 0.05) is 18.7 Å². The van der Waals surface area contributed by atoms with E-state index in [0.717, 1.165) is 25.0 Å². The lowest BCUT2D eigenvalue weighted by Crippen LogP contribution is -2.36. The van der Waals surface area contributed by atoms with Crippen molar-refractivity contribution in [1.82, 2.24) is 25.0 Å². The summed E-state index contributed by atoms with van der Waals surface area (Å²) < 4.78 is 12.3. The number of aromatic nitrogens is 4. The van der Waals surface area contributed by atoms with E-state index in [4.69, 9.17) is 9.26 Å². The van der Waals surface area contributed by atoms with Crippen LogP contribution in [0.25, 0.3) is 32.4 Å². The van der Waals surface area contributed by atoms with E-state index in [0.29, 0.717) is 38.9 Å². The summed E-state index contributed by atoms with van der Waals surface area (Å²) in [4.78, 5) is 35.5. The molecule has 10 heteroatoms. The van der Waals surface area contributed by atoms with Crippen LogP contribution in [-0.2, 0) is 16.1 Å². The number of carbonyl (C=O) groups is 1. The number of benzene rings is 1. The van der Waals surface area contributed by atoms with Crippen molar-refractivity contribution < 1.29 is 14.1 Å². The second-order valence-electron chi connectivity index (χ2n) is 7.64. The van der Waals surface area contributed by atoms with Crippen LogP contribution in [0.1, 0.15) is 18.4 Å². The smallest absolute Gasteiger partial charge is 0.268 e. The monoisotopic (exact) mass is 451 g/mol. The normalized spacial score (nSPS) is 16.0. The minimum absolute atomic E-state index is 0.0492. The Balaban J connectivity index is 1.39. The van der Waals surface area contributed by atoms with Gasteiger partial charge in [0.2, 0.25) is 11.7 Å². The molecule has 0 bridgehead atoms. The average Bonchev–Trinajstić information content (AvgIpc) is 3.55. The SMILES string of the molecule is Cc1c(-c2nc(-c3ccccc3)no2)sc2ncn(CC(=O)NC[C@H]3CCCO3)c(=O)c12. The van der Waals surface area contributed by atoms with Gasteiger partial charge in [-0.2, -0.15) is 4.98 Å². The van der Waals surface area contributed by atoms with Crippen LogP contribution >= 0.6 is 11.3 Å². The van der Waals surface area contributed by atoms with E-state index in [1.54, 1.807) is 0 Å². The van der Waals surface area contributed by atoms with Gasteiger partial charge >= 0.3 is 0 Å². The molecule has 1 fully saturated rings. The third-order valence-corrected chi connectivity index (χ3v) is 6.62. The summed E-state index contributed by atoms with van der Waals surface area (Å²) in [7, 11) is 0. The highest BCUT2D eigenvalue weighted by Crippen LogP contribution is 2.35. The van der Waals surface area contributed by atoms with E-state index < -0.39 is 0 Å². The van der Waals surface area contributed by atoms with Gasteiger partial charge in [0.15, 0.2) is 0 Å². The average molecular weight is 452 g/mol. The highest BCUT2D eigenvalue weighted by atomic mass is 32.1. The molecule has 1 aliphatic heterocycles. The van der Waals surface area contributed by atoms with Crippen molar-refractivity contribution in [2.24, 2.45) is 0 Å². The molecule has 1 N–H and O–H groups in total. The number of rotatable bonds is 6. The third kappa shape index (κ3) is 3.94. The van der Waals surface area contributed by atoms with Crippen LogP contribution < -0.4 is 10.9 Å². The second kappa shape index (κ2) is 8.64. The Morgan fingerprint density at radius 2 is 2.16 bits per heavy atom. The lowest BCUT2D eigenvalue weighted by atomic mass is 10.2. The number of nitrogens with zero attached hydrogens (tertiary/aromatic N) is 4. The maximum atomic E-state index is 13.1. The van der Waals surface area contributed by atoms with Crippen molar-refractivity contribution >= 4 is 27.5 Å². The number of ether oxygens (including phenoxy) is 1. The van der Waals surface area contributed by atoms with Gasteiger partial charge in [-0.1, -0.05) is 35.5 Å². The Hall–Kier alpha value is -3.37. The molecule has 0 aliphatic carbocycles. The predicted octanol–water partition coefficient (Wildman–Crippen LogP) is 2.78. The third-order valence-electron chi connectivity index (χ3n) is 5.43. The molecule has 1 saturated heterocycles. The zero-order valence-corrected chi connectivity index (χ0v) is 18.2. The van der Waals surface area contributed by atoms with Gasteiger partial charge in [-0.15, -0.1) is 11.3 Å². The Labute approximate surface area is 187 Å². The Morgan fingerprint density at radius 1 is 1.31 bits per heavy atom. The zero-order chi connectivity index (χ0) is 22.1. The van der Waals surface area contributed by atoms with Gasteiger partial charge in [-0.3, -0.25) is 14.2 Å². The predicted molar refractivity (Wildman–Crippen MR) is 119 cm³/mol. The molecule has 1 atom stereocenters. The minimum atomic E-state index is -0.273. The van der Waals surface area contributed by atoms with Crippen molar-refractivity contribution in [3.8, 4) is 22.2 Å². The van der Waals surface area contributed by atoms with Crippen LogP contribution in [0.15, 0.2) is 46.0 Å². The molecular weight excluding hydrogens is 430 g/mol. The van der Waals surface area contributed by atoms with Crippen LogP contribution in [-0.4, -0.2) is 44.9 Å². The Bertz CT molecular complexity index is 1320. The maximum absolute atomic E-state index is 13.1. The summed E-state index contributed by atoms with van der Waals surface area (Å²) in [6, 6.07) is 9.52. The largest absolute Gasteiger partial charge is 0.376 e. The van der Waals surface area contributed by atoms with Gasteiger partial charge in [-0.25, -0.2) is 4.98 Å². The molecule has 9 nitrogen and oxygen atoms in total. The molecular formula is C22H21N5O4S. The van der Waals surface area contributed by atoms with Crippen molar-refractivity contribution in [3.63, 3.8) is 0 Å². The van der Waals surface area contributed by atoms with Crippen LogP contribution in [0.5, 0.6) is 0 Å². The Kier molecular flexibility index (Phi) is 5.54. The van der Waals surface area contributed by atoms with Gasteiger partial charge < -0.3 is 14.6 Å². The quantitative estimate of drug-likeness (QED) is 0.480. The van der Waals surface area contributed by atoms with Crippen molar-refractivity contribution in [2.45, 2.75) is 32.4 Å². The molecule has 0 saturated carbocycles. The molecule has 1 aromatic carbocycles. The van der Waals surface area contributed by atoms with E-state index >= 15 is 0 Å². The summed E-state index contributed by atoms with van der Waals surface area (Å²) >= 11 is 1.32. The summed E-state index contributed by atoms with van der Waals surface area (Å²) in [5.41, 5.74) is 1.28. The van der Waals surface area contributed by atoms with E-state index in [1.165, 1.54) is 22.2 Å². The molecule has 1 aliphatic rings. The van der Waals surface area contributed by atoms with Gasteiger partial charge in [0.05, 0.1) is 22.7 Å². The molecule has 32 heavy (non-hydrogen) atoms. The van der Waals surface area contributed by atoms with Crippen LogP contribution in [0.4, 0.5) is 0 Å². The van der Waals surface area contributed by atoms with Crippen molar-refractivity contribution in [3.05, 3.63) is 52.6 Å². The fourth-order valence-corrected chi connectivity index (χ4v) is 4.80. The summed E-state index contributed by atoms with van der Waals surface area (Å²) in [6.45, 7) is 2.91. The molecule has 4 heterocycles. The van der Waals surface area contributed by atoms with Gasteiger partial charge in [-0.05, 0) is 25.3 Å². The second-order valence-corrected chi connectivity index (χ2v) is 8.64. The number of fused-ring (bicyclic) bond motifs is 1. The number of amides is 1. The van der Waals surface area contributed by atoms with E-state index in [1.807, 2.05) is 37.3 Å². The maximum Gasteiger partial charge on any atom is 0.268 e. The standard InChI is InChI=1S/C22H21N5O4S/c1-13-17-21(32-18(13)20-25-19(26-31-20)14-6-3-2-4-7-14)24-12-27(22(17)29)11-16(28)23-10-15-8-5-9-30-15/h2-4,6-7,12,15H,5,8-11H2,1H3,(H,23,28)/t15-/m1/s1. The first-order chi connectivity index (χ1) is 15.6. The molecule has 0 spiro atoms. The van der Waals surface area contributed by atoms with Gasteiger partial charge in [0.25, 0.3) is 11.4 Å². The minimum Gasteiger partial charge on any atom is -0.376 e. The van der Waals surface area contributed by atoms with E-state index in [2.05, 4.69) is 20.4 Å². The first-order valence-electron chi connectivity index (χ1n) is 10.4. The summed E-state index contributed by atoms with van der Waals surface area (Å²) in [5.74, 6) is 0.566. The highest BCUT2D eigenvalue weighted by molar-refractivity contribution is 7.22. The van der Waals surface area contributed by atoms with E-state index in [-0.39, 0.29) is 24.1 Å². The molecule has 5 rings (SSSR count). The summed E-state index contributed by atoms with van der Waals surface area (Å²) in [6.07, 6.45) is 3.40. The number of hydrogen-bond acceptors (Lipinski definition) is 8. The number of carbonyl (C=O) groups excluding carboxylic acids is 1. The molecule has 4 aromatic rings. The first-order valence-corrected chi connectivity index (χ1v) is 11.2. The van der Waals surface area contributed by atoms with Gasteiger partial charge in [0.1, 0.15) is 11.4 Å². The van der Waals surface area contributed by atoms with Crippen molar-refractivity contribution in [2.75, 3.05) is 13.2 Å². The first kappa shape index (κ1) is 20.5. The number of hydrogen-bond donors (Lipinski definition) is 1. The van der Waals surface area contributed by atoms with Crippen LogP contribution in [0.3, 0.4) is 0 Å². The molecule has 0 radical (unpaired) electrons. The fourth-order valence-electron chi connectivity index (χ4n) is 3.74. The number of thiophene rings is 1. The number of aryl methyl sites for hydroxylation is 1. The van der Waals surface area contributed by atoms with Crippen LogP contribution in [0, 0.1) is 6.92 Å². The number of nitrogens with one attached hydrogen (secondary N) is 1. The summed E-state index contributed by atoms with van der Waals surface area (Å²) in [5, 5.41) is 7.35. The fraction of sp³-hybridized carbons (Fsp3) is 0.318. The van der Waals surface area contributed by atoms with Crippen LogP contribution in [0.2, 0.25) is 0 Å². The lowest BCUT2D eigenvalue weighted by Gasteiger charge is -2.11. The lowest BCUT2D eigenvalue weighted by molar-refractivity contribution is -0.122. The van der Waals surface area contributed by atoms with Crippen molar-refractivity contribution in [1.29, 1.82) is 0 Å². The highest BCUT2D eigenvalue weighted by Gasteiger charge is 2.21. The Morgan fingerprint density at radius 3 is 2.94 bits per heavy atom. The molecule has 1 amide bonds. The molecule has 0 unspecified atom stereocenters. The molecule has 3 aromatic heterocycles. The molecule has 164 valence electrons. The van der Waals surface area contributed by atoms with E-state index in [9.17, 15) is 9.59 Å². The zero-order valence-electron chi connectivity index (χ0n) is 17.4.